The third-order valence-electron chi connectivity index (χ3n) is 1.95. The molecule has 0 saturated heterocycles. The van der Waals surface area contributed by atoms with E-state index in [4.69, 9.17) is 5.11 Å². The number of carboxylic acids is 1. The highest BCUT2D eigenvalue weighted by atomic mass is 32.2. The first-order chi connectivity index (χ1) is 7.52. The van der Waals surface area contributed by atoms with Crippen molar-refractivity contribution in [3.05, 3.63) is 23.8 Å². The van der Waals surface area contributed by atoms with Crippen molar-refractivity contribution in [1.29, 1.82) is 0 Å². The Hall–Kier alpha value is -1.49. The van der Waals surface area contributed by atoms with Crippen LogP contribution in [0.15, 0.2) is 23.1 Å². The highest BCUT2D eigenvalue weighted by Gasteiger charge is 2.07. The summed E-state index contributed by atoms with van der Waals surface area (Å²) < 4.78 is 0. The number of hydrogen-bond acceptors (Lipinski definition) is 3. The van der Waals surface area contributed by atoms with Crippen LogP contribution in [0.4, 0.5) is 5.69 Å². The van der Waals surface area contributed by atoms with Gasteiger partial charge in [-0.1, -0.05) is 6.07 Å². The molecule has 1 aromatic rings. The van der Waals surface area contributed by atoms with Gasteiger partial charge in [-0.2, -0.15) is 0 Å². The Morgan fingerprint density at radius 1 is 1.44 bits per heavy atom. The molecule has 1 rings (SSSR count). The molecule has 0 aromatic heterocycles. The molecule has 0 spiro atoms. The summed E-state index contributed by atoms with van der Waals surface area (Å²) >= 11 is 1.46. The SMILES string of the molecule is CSc1cc(NC(C)=O)ccc1CC(=O)O. The van der Waals surface area contributed by atoms with Gasteiger partial charge >= 0.3 is 5.97 Å². The van der Waals surface area contributed by atoms with Crippen molar-refractivity contribution in [2.75, 3.05) is 11.6 Å². The Morgan fingerprint density at radius 2 is 2.12 bits per heavy atom. The number of amides is 1. The minimum absolute atomic E-state index is 0.00345. The Balaban J connectivity index is 2.96. The Kier molecular flexibility index (Phi) is 4.37. The number of carbonyl (C=O) groups excluding carboxylic acids is 1. The molecular weight excluding hydrogens is 226 g/mol. The summed E-state index contributed by atoms with van der Waals surface area (Å²) in [4.78, 5) is 22.4. The zero-order valence-corrected chi connectivity index (χ0v) is 9.93. The molecule has 0 aliphatic heterocycles. The van der Waals surface area contributed by atoms with E-state index < -0.39 is 5.97 Å². The van der Waals surface area contributed by atoms with Crippen LogP contribution in [0.3, 0.4) is 0 Å². The first kappa shape index (κ1) is 12.6. The van der Waals surface area contributed by atoms with Crippen LogP contribution in [0.25, 0.3) is 0 Å². The molecule has 2 N–H and O–H groups in total. The van der Waals surface area contributed by atoms with Gasteiger partial charge in [-0.15, -0.1) is 11.8 Å². The Labute approximate surface area is 98.0 Å². The lowest BCUT2D eigenvalue weighted by Gasteiger charge is -2.08. The average molecular weight is 239 g/mol. The third kappa shape index (κ3) is 3.58. The van der Waals surface area contributed by atoms with Crippen molar-refractivity contribution in [2.24, 2.45) is 0 Å². The molecule has 1 aromatic carbocycles. The standard InChI is InChI=1S/C11H13NO3S/c1-7(13)12-9-4-3-8(5-11(14)15)10(6-9)16-2/h3-4,6H,5H2,1-2H3,(H,12,13)(H,14,15). The monoisotopic (exact) mass is 239 g/mol. The molecule has 0 heterocycles. The maximum Gasteiger partial charge on any atom is 0.307 e. The fourth-order valence-corrected chi connectivity index (χ4v) is 1.98. The van der Waals surface area contributed by atoms with Gasteiger partial charge in [-0.05, 0) is 24.0 Å². The summed E-state index contributed by atoms with van der Waals surface area (Å²) in [5, 5.41) is 11.4. The van der Waals surface area contributed by atoms with Gasteiger partial charge in [0.1, 0.15) is 0 Å². The lowest BCUT2D eigenvalue weighted by atomic mass is 10.1. The minimum atomic E-state index is -0.859. The van der Waals surface area contributed by atoms with Gasteiger partial charge in [0.15, 0.2) is 0 Å². The fraction of sp³-hybridized carbons (Fsp3) is 0.273. The fourth-order valence-electron chi connectivity index (χ4n) is 1.33. The molecule has 0 aliphatic rings. The quantitative estimate of drug-likeness (QED) is 0.789. The molecule has 0 bridgehead atoms. The predicted molar refractivity (Wildman–Crippen MR) is 63.9 cm³/mol. The maximum absolute atomic E-state index is 10.9. The van der Waals surface area contributed by atoms with Gasteiger partial charge in [-0.25, -0.2) is 0 Å². The maximum atomic E-state index is 10.9. The molecule has 4 nitrogen and oxygen atoms in total. The van der Waals surface area contributed by atoms with E-state index in [0.29, 0.717) is 5.69 Å². The highest BCUT2D eigenvalue weighted by molar-refractivity contribution is 7.98. The van der Waals surface area contributed by atoms with Crippen molar-refractivity contribution < 1.29 is 14.7 Å². The van der Waals surface area contributed by atoms with Crippen molar-refractivity contribution >= 4 is 29.3 Å². The number of benzene rings is 1. The molecule has 16 heavy (non-hydrogen) atoms. The van der Waals surface area contributed by atoms with Gasteiger partial charge in [0.2, 0.25) is 5.91 Å². The number of rotatable bonds is 4. The molecule has 5 heteroatoms. The lowest BCUT2D eigenvalue weighted by Crippen LogP contribution is -2.07. The van der Waals surface area contributed by atoms with Gasteiger partial charge in [-0.3, -0.25) is 9.59 Å². The second kappa shape index (κ2) is 5.55. The zero-order chi connectivity index (χ0) is 12.1. The first-order valence-electron chi connectivity index (χ1n) is 4.69. The van der Waals surface area contributed by atoms with Gasteiger partial charge in [0.05, 0.1) is 6.42 Å². The summed E-state index contributed by atoms with van der Waals surface area (Å²) in [5.41, 5.74) is 1.44. The molecule has 0 fully saturated rings. The van der Waals surface area contributed by atoms with Crippen LogP contribution >= 0.6 is 11.8 Å². The molecule has 1 amide bonds. The number of hydrogen-bond donors (Lipinski definition) is 2. The van der Waals surface area contributed by atoms with Crippen LogP contribution in [-0.2, 0) is 16.0 Å². The number of nitrogens with one attached hydrogen (secondary N) is 1. The second-order valence-corrected chi connectivity index (χ2v) is 4.13. The summed E-state index contributed by atoms with van der Waals surface area (Å²) in [6.45, 7) is 1.43. The zero-order valence-electron chi connectivity index (χ0n) is 9.11. The van der Waals surface area contributed by atoms with Crippen molar-refractivity contribution in [1.82, 2.24) is 0 Å². The van der Waals surface area contributed by atoms with E-state index in [1.807, 2.05) is 6.26 Å². The second-order valence-electron chi connectivity index (χ2n) is 3.28. The van der Waals surface area contributed by atoms with E-state index in [2.05, 4.69) is 5.32 Å². The van der Waals surface area contributed by atoms with E-state index in [-0.39, 0.29) is 12.3 Å². The summed E-state index contributed by atoms with van der Waals surface area (Å²) in [6, 6.07) is 5.22. The number of aliphatic carboxylic acids is 1. The number of carboxylic acid groups (broad SMARTS) is 1. The van der Waals surface area contributed by atoms with Crippen LogP contribution in [-0.4, -0.2) is 23.2 Å². The largest absolute Gasteiger partial charge is 0.481 e. The van der Waals surface area contributed by atoms with Crippen LogP contribution in [0, 0.1) is 0 Å². The number of anilines is 1. The molecule has 86 valence electrons. The molecule has 0 unspecified atom stereocenters. The lowest BCUT2D eigenvalue weighted by molar-refractivity contribution is -0.136. The van der Waals surface area contributed by atoms with E-state index in [9.17, 15) is 9.59 Å². The first-order valence-corrected chi connectivity index (χ1v) is 5.91. The molecule has 0 radical (unpaired) electrons. The Bertz CT molecular complexity index is 418. The smallest absolute Gasteiger partial charge is 0.307 e. The van der Waals surface area contributed by atoms with Gasteiger partial charge in [0.25, 0.3) is 0 Å². The van der Waals surface area contributed by atoms with Crippen molar-refractivity contribution in [2.45, 2.75) is 18.2 Å². The van der Waals surface area contributed by atoms with E-state index in [1.54, 1.807) is 18.2 Å². The number of thioether (sulfide) groups is 1. The van der Waals surface area contributed by atoms with Gasteiger partial charge < -0.3 is 10.4 Å². The summed E-state index contributed by atoms with van der Waals surface area (Å²) in [5.74, 6) is -0.999. The number of carbonyl (C=O) groups is 2. The van der Waals surface area contributed by atoms with Crippen LogP contribution < -0.4 is 5.32 Å². The normalized spacial score (nSPS) is 9.88. The van der Waals surface area contributed by atoms with E-state index in [1.165, 1.54) is 18.7 Å². The highest BCUT2D eigenvalue weighted by Crippen LogP contribution is 2.24. The van der Waals surface area contributed by atoms with Crippen LogP contribution in [0.2, 0.25) is 0 Å². The topological polar surface area (TPSA) is 66.4 Å². The molecule has 0 saturated carbocycles. The average Bonchev–Trinajstić information content (AvgIpc) is 2.18. The molecule has 0 atom stereocenters. The van der Waals surface area contributed by atoms with Crippen LogP contribution in [0.1, 0.15) is 12.5 Å². The predicted octanol–water partition coefficient (Wildman–Crippen LogP) is 1.99. The van der Waals surface area contributed by atoms with E-state index in [0.717, 1.165) is 10.5 Å². The van der Waals surface area contributed by atoms with Crippen LogP contribution in [0.5, 0.6) is 0 Å². The molecule has 0 aliphatic carbocycles. The van der Waals surface area contributed by atoms with Crippen molar-refractivity contribution in [3.63, 3.8) is 0 Å². The summed E-state index contributed by atoms with van der Waals surface area (Å²) in [6.07, 6.45) is 1.87. The summed E-state index contributed by atoms with van der Waals surface area (Å²) in [7, 11) is 0. The van der Waals surface area contributed by atoms with Crippen molar-refractivity contribution in [3.8, 4) is 0 Å². The molecular formula is C11H13NO3S. The third-order valence-corrected chi connectivity index (χ3v) is 2.77. The van der Waals surface area contributed by atoms with E-state index >= 15 is 0 Å². The minimum Gasteiger partial charge on any atom is -0.481 e. The Morgan fingerprint density at radius 3 is 2.62 bits per heavy atom. The van der Waals surface area contributed by atoms with Gasteiger partial charge in [0, 0.05) is 17.5 Å².